The van der Waals surface area contributed by atoms with E-state index < -0.39 is 0 Å². The lowest BCUT2D eigenvalue weighted by atomic mass is 10.2. The summed E-state index contributed by atoms with van der Waals surface area (Å²) in [6.45, 7) is 3.26. The first-order valence-electron chi connectivity index (χ1n) is 11.2. The predicted octanol–water partition coefficient (Wildman–Crippen LogP) is 4.98. The molecule has 1 saturated heterocycles. The maximum Gasteiger partial charge on any atom is 0.255 e. The van der Waals surface area contributed by atoms with Crippen molar-refractivity contribution in [2.75, 3.05) is 41.8 Å². The standard InChI is InChI=1S/C27H25N5O2/c33-27(30-23-10-12-24(13-11-23)32-16-18-34-19-17-32)21-6-8-22(9-7-21)29-25-14-15-28-26(31-25)20-4-2-1-3-5-20/h1-15H,16-19H2,(H,30,33)(H,28,29,31). The summed E-state index contributed by atoms with van der Waals surface area (Å²) >= 11 is 0. The van der Waals surface area contributed by atoms with Crippen LogP contribution < -0.4 is 15.5 Å². The van der Waals surface area contributed by atoms with Crippen molar-refractivity contribution in [1.29, 1.82) is 0 Å². The lowest BCUT2D eigenvalue weighted by molar-refractivity contribution is 0.102. The smallest absolute Gasteiger partial charge is 0.255 e. The van der Waals surface area contributed by atoms with E-state index >= 15 is 0 Å². The molecule has 1 aliphatic rings. The van der Waals surface area contributed by atoms with Gasteiger partial charge in [-0.15, -0.1) is 0 Å². The molecular formula is C27H25N5O2. The maximum atomic E-state index is 12.7. The first kappa shape index (κ1) is 21.6. The Morgan fingerprint density at radius 2 is 1.53 bits per heavy atom. The number of anilines is 4. The third kappa shape index (κ3) is 5.22. The minimum atomic E-state index is -0.154. The van der Waals surface area contributed by atoms with E-state index in [0.717, 1.165) is 48.9 Å². The fraction of sp³-hybridized carbons (Fsp3) is 0.148. The third-order valence-electron chi connectivity index (χ3n) is 5.61. The highest BCUT2D eigenvalue weighted by Crippen LogP contribution is 2.21. The van der Waals surface area contributed by atoms with E-state index in [9.17, 15) is 4.79 Å². The number of nitrogens with zero attached hydrogens (tertiary/aromatic N) is 3. The number of hydrogen-bond acceptors (Lipinski definition) is 6. The van der Waals surface area contributed by atoms with Crippen LogP contribution in [0.3, 0.4) is 0 Å². The van der Waals surface area contributed by atoms with Crippen LogP contribution in [-0.2, 0) is 4.74 Å². The molecule has 170 valence electrons. The molecule has 1 amide bonds. The fourth-order valence-electron chi connectivity index (χ4n) is 3.79. The summed E-state index contributed by atoms with van der Waals surface area (Å²) in [5, 5.41) is 6.23. The summed E-state index contributed by atoms with van der Waals surface area (Å²) in [4.78, 5) is 23.9. The summed E-state index contributed by atoms with van der Waals surface area (Å²) in [5.74, 6) is 1.19. The van der Waals surface area contributed by atoms with Gasteiger partial charge in [0, 0.05) is 47.5 Å². The summed E-state index contributed by atoms with van der Waals surface area (Å²) in [7, 11) is 0. The summed E-state index contributed by atoms with van der Waals surface area (Å²) < 4.78 is 5.40. The van der Waals surface area contributed by atoms with E-state index in [2.05, 4.69) is 25.5 Å². The van der Waals surface area contributed by atoms with E-state index in [1.54, 1.807) is 18.3 Å². The van der Waals surface area contributed by atoms with Gasteiger partial charge in [-0.3, -0.25) is 4.79 Å². The third-order valence-corrected chi connectivity index (χ3v) is 5.61. The predicted molar refractivity (Wildman–Crippen MR) is 135 cm³/mol. The van der Waals surface area contributed by atoms with Crippen LogP contribution in [0.25, 0.3) is 11.4 Å². The van der Waals surface area contributed by atoms with Crippen LogP contribution >= 0.6 is 0 Å². The Balaban J connectivity index is 1.21. The molecule has 0 atom stereocenters. The maximum absolute atomic E-state index is 12.7. The molecule has 2 heterocycles. The number of rotatable bonds is 6. The Morgan fingerprint density at radius 3 is 2.26 bits per heavy atom. The summed E-state index contributed by atoms with van der Waals surface area (Å²) in [6, 6.07) is 26.9. The van der Waals surface area contributed by atoms with Crippen LogP contribution in [-0.4, -0.2) is 42.2 Å². The van der Waals surface area contributed by atoms with Gasteiger partial charge in [0.15, 0.2) is 5.82 Å². The molecule has 0 radical (unpaired) electrons. The number of carbonyl (C=O) groups excluding carboxylic acids is 1. The number of aromatic nitrogens is 2. The van der Waals surface area contributed by atoms with Gasteiger partial charge >= 0.3 is 0 Å². The second kappa shape index (κ2) is 10.1. The molecule has 0 saturated carbocycles. The zero-order chi connectivity index (χ0) is 23.2. The molecule has 4 aromatic rings. The van der Waals surface area contributed by atoms with Gasteiger partial charge in [-0.05, 0) is 54.6 Å². The quantitative estimate of drug-likeness (QED) is 0.431. The number of ether oxygens (including phenoxy) is 1. The van der Waals surface area contributed by atoms with Crippen LogP contribution in [0.5, 0.6) is 0 Å². The second-order valence-electron chi connectivity index (χ2n) is 7.93. The molecule has 7 heteroatoms. The Hall–Kier alpha value is -4.23. The normalized spacial score (nSPS) is 13.4. The van der Waals surface area contributed by atoms with Crippen molar-refractivity contribution in [2.24, 2.45) is 0 Å². The number of carbonyl (C=O) groups is 1. The molecule has 1 fully saturated rings. The molecule has 1 aromatic heterocycles. The van der Waals surface area contributed by atoms with Crippen LogP contribution in [0.2, 0.25) is 0 Å². The molecule has 0 bridgehead atoms. The summed E-state index contributed by atoms with van der Waals surface area (Å²) in [6.07, 6.45) is 1.73. The Labute approximate surface area is 198 Å². The Kier molecular flexibility index (Phi) is 6.45. The van der Waals surface area contributed by atoms with Crippen molar-refractivity contribution in [2.45, 2.75) is 0 Å². The van der Waals surface area contributed by atoms with Gasteiger partial charge in [-0.2, -0.15) is 0 Å². The minimum absolute atomic E-state index is 0.154. The van der Waals surface area contributed by atoms with Crippen molar-refractivity contribution in [1.82, 2.24) is 9.97 Å². The van der Waals surface area contributed by atoms with Gasteiger partial charge in [0.25, 0.3) is 5.91 Å². The molecule has 0 aliphatic carbocycles. The van der Waals surface area contributed by atoms with Crippen LogP contribution in [0, 0.1) is 0 Å². The molecular weight excluding hydrogens is 426 g/mol. The van der Waals surface area contributed by atoms with E-state index in [0.29, 0.717) is 17.2 Å². The van der Waals surface area contributed by atoms with Gasteiger partial charge in [0.05, 0.1) is 13.2 Å². The molecule has 0 spiro atoms. The van der Waals surface area contributed by atoms with E-state index in [4.69, 9.17) is 4.74 Å². The van der Waals surface area contributed by atoms with Crippen molar-refractivity contribution in [3.8, 4) is 11.4 Å². The van der Waals surface area contributed by atoms with Crippen LogP contribution in [0.1, 0.15) is 10.4 Å². The Morgan fingerprint density at radius 1 is 0.824 bits per heavy atom. The minimum Gasteiger partial charge on any atom is -0.378 e. The zero-order valence-corrected chi connectivity index (χ0v) is 18.6. The topological polar surface area (TPSA) is 79.4 Å². The van der Waals surface area contributed by atoms with Crippen molar-refractivity contribution in [3.05, 3.63) is 96.7 Å². The SMILES string of the molecule is O=C(Nc1ccc(N2CCOCC2)cc1)c1ccc(Nc2ccnc(-c3ccccc3)n2)cc1. The molecule has 3 aromatic carbocycles. The lowest BCUT2D eigenvalue weighted by Gasteiger charge is -2.28. The van der Waals surface area contributed by atoms with Gasteiger partial charge in [-0.1, -0.05) is 30.3 Å². The summed E-state index contributed by atoms with van der Waals surface area (Å²) in [5.41, 5.74) is 4.27. The van der Waals surface area contributed by atoms with Crippen LogP contribution in [0.15, 0.2) is 91.1 Å². The van der Waals surface area contributed by atoms with Crippen molar-refractivity contribution in [3.63, 3.8) is 0 Å². The largest absolute Gasteiger partial charge is 0.378 e. The lowest BCUT2D eigenvalue weighted by Crippen LogP contribution is -2.36. The second-order valence-corrected chi connectivity index (χ2v) is 7.93. The van der Waals surface area contributed by atoms with E-state index in [1.165, 1.54) is 0 Å². The first-order valence-corrected chi connectivity index (χ1v) is 11.2. The Bertz CT molecular complexity index is 1240. The number of benzene rings is 3. The highest BCUT2D eigenvalue weighted by Gasteiger charge is 2.12. The van der Waals surface area contributed by atoms with Gasteiger partial charge in [-0.25, -0.2) is 9.97 Å². The fourth-order valence-corrected chi connectivity index (χ4v) is 3.79. The average Bonchev–Trinajstić information content (AvgIpc) is 2.91. The molecule has 34 heavy (non-hydrogen) atoms. The number of morpholine rings is 1. The number of amides is 1. The first-order chi connectivity index (χ1) is 16.7. The van der Waals surface area contributed by atoms with Gasteiger partial charge in [0.1, 0.15) is 5.82 Å². The molecule has 0 unspecified atom stereocenters. The van der Waals surface area contributed by atoms with E-state index in [-0.39, 0.29) is 5.91 Å². The van der Waals surface area contributed by atoms with E-state index in [1.807, 2.05) is 72.8 Å². The molecule has 5 rings (SSSR count). The monoisotopic (exact) mass is 451 g/mol. The highest BCUT2D eigenvalue weighted by molar-refractivity contribution is 6.04. The highest BCUT2D eigenvalue weighted by atomic mass is 16.5. The number of nitrogens with one attached hydrogen (secondary N) is 2. The average molecular weight is 452 g/mol. The zero-order valence-electron chi connectivity index (χ0n) is 18.6. The van der Waals surface area contributed by atoms with Gasteiger partial charge in [0.2, 0.25) is 0 Å². The molecule has 1 aliphatic heterocycles. The molecule has 7 nitrogen and oxygen atoms in total. The van der Waals surface area contributed by atoms with Crippen molar-refractivity contribution >= 4 is 28.8 Å². The molecule has 2 N–H and O–H groups in total. The van der Waals surface area contributed by atoms with Crippen molar-refractivity contribution < 1.29 is 9.53 Å². The van der Waals surface area contributed by atoms with Crippen LogP contribution in [0.4, 0.5) is 22.9 Å². The van der Waals surface area contributed by atoms with Gasteiger partial charge < -0.3 is 20.3 Å². The number of hydrogen-bond donors (Lipinski definition) is 2.